The molecular formula is C9H11NO5S. The molecule has 0 aromatic carbocycles. The molecule has 0 atom stereocenters. The molecule has 0 aliphatic heterocycles. The van der Waals surface area contributed by atoms with Gasteiger partial charge in [-0.25, -0.2) is 18.2 Å². The molecule has 1 aromatic rings. The fourth-order valence-corrected chi connectivity index (χ4v) is 2.21. The van der Waals surface area contributed by atoms with Gasteiger partial charge in [-0.1, -0.05) is 0 Å². The minimum absolute atomic E-state index is 0.0584. The molecule has 0 fully saturated rings. The van der Waals surface area contributed by atoms with E-state index in [4.69, 9.17) is 5.11 Å². The Morgan fingerprint density at radius 1 is 1.56 bits per heavy atom. The third kappa shape index (κ3) is 3.01. The first kappa shape index (κ1) is 12.6. The number of carboxylic acid groups (broad SMARTS) is 1. The lowest BCUT2D eigenvalue weighted by Crippen LogP contribution is -2.12. The smallest absolute Gasteiger partial charge is 0.354 e. The van der Waals surface area contributed by atoms with E-state index in [-0.39, 0.29) is 22.9 Å². The van der Waals surface area contributed by atoms with E-state index in [9.17, 15) is 13.2 Å². The second kappa shape index (κ2) is 5.04. The molecule has 1 heterocycles. The summed E-state index contributed by atoms with van der Waals surface area (Å²) in [6.07, 6.45) is 1.16. The van der Waals surface area contributed by atoms with Crippen LogP contribution in [0, 0.1) is 0 Å². The van der Waals surface area contributed by atoms with Gasteiger partial charge >= 0.3 is 5.97 Å². The molecule has 1 N–H and O–H groups in total. The Hall–Kier alpha value is -1.47. The Morgan fingerprint density at radius 3 is 2.81 bits per heavy atom. The highest BCUT2D eigenvalue weighted by molar-refractivity contribution is 7.91. The van der Waals surface area contributed by atoms with Gasteiger partial charge < -0.3 is 9.84 Å². The number of aromatic carboxylic acids is 1. The summed E-state index contributed by atoms with van der Waals surface area (Å²) in [5.74, 6) is -1.45. The molecule has 1 rings (SSSR count). The minimum atomic E-state index is -3.51. The number of carbonyl (C=O) groups is 1. The molecule has 0 saturated heterocycles. The van der Waals surface area contributed by atoms with E-state index in [1.165, 1.54) is 13.2 Å². The van der Waals surface area contributed by atoms with Gasteiger partial charge in [-0.15, -0.1) is 0 Å². The van der Waals surface area contributed by atoms with E-state index in [0.717, 1.165) is 12.3 Å². The fourth-order valence-electron chi connectivity index (χ4n) is 1.03. The van der Waals surface area contributed by atoms with E-state index < -0.39 is 15.8 Å². The van der Waals surface area contributed by atoms with Gasteiger partial charge in [0.2, 0.25) is 0 Å². The van der Waals surface area contributed by atoms with Crippen LogP contribution >= 0.6 is 0 Å². The topological polar surface area (TPSA) is 93.6 Å². The number of pyridine rings is 1. The molecular weight excluding hydrogens is 234 g/mol. The van der Waals surface area contributed by atoms with Crippen molar-refractivity contribution < 1.29 is 23.1 Å². The average Bonchev–Trinajstić information content (AvgIpc) is 2.26. The van der Waals surface area contributed by atoms with Crippen molar-refractivity contribution in [1.82, 2.24) is 4.98 Å². The second-order valence-electron chi connectivity index (χ2n) is 2.99. The number of hydrogen-bond donors (Lipinski definition) is 1. The summed E-state index contributed by atoms with van der Waals surface area (Å²) < 4.78 is 28.0. The zero-order valence-electron chi connectivity index (χ0n) is 8.58. The van der Waals surface area contributed by atoms with Crippen molar-refractivity contribution in [2.75, 3.05) is 19.5 Å². The highest BCUT2D eigenvalue weighted by atomic mass is 32.2. The van der Waals surface area contributed by atoms with E-state index in [0.29, 0.717) is 0 Å². The first-order chi connectivity index (χ1) is 7.47. The van der Waals surface area contributed by atoms with E-state index >= 15 is 0 Å². The summed E-state index contributed by atoms with van der Waals surface area (Å²) in [4.78, 5) is 14.1. The molecule has 6 nitrogen and oxygen atoms in total. The van der Waals surface area contributed by atoms with Crippen molar-refractivity contribution >= 4 is 15.8 Å². The van der Waals surface area contributed by atoms with Crippen molar-refractivity contribution in [3.8, 4) is 0 Å². The molecule has 0 amide bonds. The Balaban J connectivity index is 3.04. The van der Waals surface area contributed by atoms with E-state index in [1.54, 1.807) is 0 Å². The Bertz CT molecular complexity index is 482. The summed E-state index contributed by atoms with van der Waals surface area (Å²) in [6, 6.07) is 2.30. The molecule has 0 spiro atoms. The number of carboxylic acids is 1. The van der Waals surface area contributed by atoms with Crippen LogP contribution in [-0.4, -0.2) is 43.9 Å². The van der Waals surface area contributed by atoms with Crippen LogP contribution in [0.4, 0.5) is 0 Å². The third-order valence-corrected chi connectivity index (χ3v) is 3.54. The van der Waals surface area contributed by atoms with E-state index in [1.807, 2.05) is 0 Å². The van der Waals surface area contributed by atoms with Gasteiger partial charge in [-0.05, 0) is 12.1 Å². The van der Waals surface area contributed by atoms with Crippen LogP contribution in [0.15, 0.2) is 23.2 Å². The minimum Gasteiger partial charge on any atom is -0.477 e. The summed E-state index contributed by atoms with van der Waals surface area (Å²) in [5.41, 5.74) is -0.293. The quantitative estimate of drug-likeness (QED) is 0.796. The summed E-state index contributed by atoms with van der Waals surface area (Å²) in [6.45, 7) is 0.0626. The fraction of sp³-hybridized carbons (Fsp3) is 0.333. The van der Waals surface area contributed by atoms with Crippen LogP contribution in [0.3, 0.4) is 0 Å². The molecule has 0 aliphatic carbocycles. The lowest BCUT2D eigenvalue weighted by molar-refractivity contribution is 0.0690. The highest BCUT2D eigenvalue weighted by Gasteiger charge is 2.16. The highest BCUT2D eigenvalue weighted by Crippen LogP contribution is 2.11. The first-order valence-corrected chi connectivity index (χ1v) is 6.03. The predicted molar refractivity (Wildman–Crippen MR) is 55.1 cm³/mol. The van der Waals surface area contributed by atoms with Crippen molar-refractivity contribution in [3.05, 3.63) is 24.0 Å². The van der Waals surface area contributed by atoms with Crippen molar-refractivity contribution in [1.29, 1.82) is 0 Å². The summed E-state index contributed by atoms with van der Waals surface area (Å²) in [7, 11) is -2.11. The first-order valence-electron chi connectivity index (χ1n) is 4.38. The Morgan fingerprint density at radius 2 is 2.25 bits per heavy atom. The van der Waals surface area contributed by atoms with Gasteiger partial charge in [0.1, 0.15) is 5.69 Å². The lowest BCUT2D eigenvalue weighted by atomic mass is 10.3. The van der Waals surface area contributed by atoms with Crippen molar-refractivity contribution in [2.24, 2.45) is 0 Å². The number of methoxy groups -OCH3 is 1. The molecule has 1 aromatic heterocycles. The maximum atomic E-state index is 11.7. The van der Waals surface area contributed by atoms with Gasteiger partial charge in [-0.2, -0.15) is 0 Å². The number of hydrogen-bond acceptors (Lipinski definition) is 5. The van der Waals surface area contributed by atoms with Crippen LogP contribution in [0.5, 0.6) is 0 Å². The zero-order valence-corrected chi connectivity index (χ0v) is 9.40. The molecule has 0 unspecified atom stereocenters. The summed E-state index contributed by atoms with van der Waals surface area (Å²) >= 11 is 0. The van der Waals surface area contributed by atoms with E-state index in [2.05, 4.69) is 9.72 Å². The number of rotatable bonds is 5. The number of ether oxygens (including phenoxy) is 1. The molecule has 7 heteroatoms. The zero-order chi connectivity index (χ0) is 12.2. The number of aromatic nitrogens is 1. The Labute approximate surface area is 92.8 Å². The maximum absolute atomic E-state index is 11.7. The average molecular weight is 245 g/mol. The second-order valence-corrected chi connectivity index (χ2v) is 5.10. The summed E-state index contributed by atoms with van der Waals surface area (Å²) in [5, 5.41) is 8.67. The Kier molecular flexibility index (Phi) is 3.97. The monoisotopic (exact) mass is 245 g/mol. The van der Waals surface area contributed by atoms with Crippen molar-refractivity contribution in [2.45, 2.75) is 4.90 Å². The van der Waals surface area contributed by atoms with Crippen LogP contribution in [-0.2, 0) is 14.6 Å². The van der Waals surface area contributed by atoms with Crippen molar-refractivity contribution in [3.63, 3.8) is 0 Å². The predicted octanol–water partition coefficient (Wildman–Crippen LogP) is 0.200. The van der Waals surface area contributed by atoms with Gasteiger partial charge in [0.05, 0.1) is 17.3 Å². The van der Waals surface area contributed by atoms with Crippen LogP contribution in [0.1, 0.15) is 10.5 Å². The molecule has 88 valence electrons. The maximum Gasteiger partial charge on any atom is 0.354 e. The number of sulfone groups is 1. The normalized spacial score (nSPS) is 11.3. The molecule has 0 bridgehead atoms. The van der Waals surface area contributed by atoms with Gasteiger partial charge in [0.25, 0.3) is 0 Å². The van der Waals surface area contributed by atoms with Gasteiger partial charge in [0, 0.05) is 13.3 Å². The van der Waals surface area contributed by atoms with Crippen LogP contribution in [0.25, 0.3) is 0 Å². The van der Waals surface area contributed by atoms with Gasteiger partial charge in [-0.3, -0.25) is 0 Å². The lowest BCUT2D eigenvalue weighted by Gasteiger charge is -2.03. The third-order valence-electron chi connectivity index (χ3n) is 1.87. The molecule has 16 heavy (non-hydrogen) atoms. The van der Waals surface area contributed by atoms with Crippen LogP contribution < -0.4 is 0 Å². The molecule has 0 aliphatic rings. The van der Waals surface area contributed by atoms with Crippen LogP contribution in [0.2, 0.25) is 0 Å². The van der Waals surface area contributed by atoms with Gasteiger partial charge in [0.15, 0.2) is 9.84 Å². The largest absolute Gasteiger partial charge is 0.477 e. The standard InChI is InChI=1S/C9H11NO5S/c1-15-4-5-16(13,14)7-2-3-10-8(6-7)9(11)12/h2-3,6H,4-5H2,1H3,(H,11,12). The molecule has 0 saturated carbocycles. The molecule has 0 radical (unpaired) electrons. The SMILES string of the molecule is COCCS(=O)(=O)c1ccnc(C(=O)O)c1. The number of nitrogens with zero attached hydrogens (tertiary/aromatic N) is 1.